The fourth-order valence-corrected chi connectivity index (χ4v) is 1.96. The lowest BCUT2D eigenvalue weighted by atomic mass is 9.99. The van der Waals surface area contributed by atoms with Gasteiger partial charge in [-0.2, -0.15) is 0 Å². The number of rotatable bonds is 2. The molecule has 0 aliphatic carbocycles. The molecule has 0 spiro atoms. The summed E-state index contributed by atoms with van der Waals surface area (Å²) in [5, 5.41) is 0. The molecule has 15 heavy (non-hydrogen) atoms. The van der Waals surface area contributed by atoms with Gasteiger partial charge < -0.3 is 4.90 Å². The van der Waals surface area contributed by atoms with Crippen molar-refractivity contribution >= 4 is 5.82 Å². The number of nitrogens with zero attached hydrogens (tertiary/aromatic N) is 3. The van der Waals surface area contributed by atoms with Crippen molar-refractivity contribution < 1.29 is 0 Å². The monoisotopic (exact) mass is 205 g/mol. The van der Waals surface area contributed by atoms with Crippen LogP contribution in [0.4, 0.5) is 5.82 Å². The van der Waals surface area contributed by atoms with Crippen molar-refractivity contribution in [2.45, 2.75) is 33.1 Å². The van der Waals surface area contributed by atoms with E-state index < -0.39 is 0 Å². The molecule has 2 rings (SSSR count). The summed E-state index contributed by atoms with van der Waals surface area (Å²) in [7, 11) is 0. The third-order valence-electron chi connectivity index (χ3n) is 3.14. The number of aryl methyl sites for hydroxylation is 1. The zero-order valence-electron chi connectivity index (χ0n) is 9.61. The van der Waals surface area contributed by atoms with Crippen molar-refractivity contribution in [3.63, 3.8) is 0 Å². The number of hydrogen-bond acceptors (Lipinski definition) is 3. The second-order valence-electron chi connectivity index (χ2n) is 4.39. The number of anilines is 1. The van der Waals surface area contributed by atoms with Gasteiger partial charge in [-0.3, -0.25) is 4.98 Å². The molecular formula is C12H19N3. The van der Waals surface area contributed by atoms with E-state index >= 15 is 0 Å². The van der Waals surface area contributed by atoms with Gasteiger partial charge in [-0.1, -0.05) is 13.8 Å². The highest BCUT2D eigenvalue weighted by molar-refractivity contribution is 5.36. The van der Waals surface area contributed by atoms with Gasteiger partial charge in [0.15, 0.2) is 0 Å². The average molecular weight is 205 g/mol. The zero-order valence-corrected chi connectivity index (χ0v) is 9.61. The van der Waals surface area contributed by atoms with Crippen LogP contribution in [-0.2, 0) is 6.42 Å². The Labute approximate surface area is 91.5 Å². The lowest BCUT2D eigenvalue weighted by molar-refractivity contribution is 0.436. The van der Waals surface area contributed by atoms with Crippen LogP contribution in [0.1, 0.15) is 32.4 Å². The minimum absolute atomic E-state index is 0.864. The summed E-state index contributed by atoms with van der Waals surface area (Å²) in [5.41, 5.74) is 1.09. The molecule has 0 N–H and O–H groups in total. The van der Waals surface area contributed by atoms with Crippen LogP contribution in [0, 0.1) is 5.92 Å². The average Bonchev–Trinajstić information content (AvgIpc) is 2.30. The molecule has 3 heteroatoms. The SMILES string of the molecule is CCc1cncc(N2CCC(C)CC2)n1. The first-order valence-electron chi connectivity index (χ1n) is 5.85. The lowest BCUT2D eigenvalue weighted by Gasteiger charge is -2.31. The van der Waals surface area contributed by atoms with Gasteiger partial charge in [0.1, 0.15) is 5.82 Å². The molecule has 2 heterocycles. The van der Waals surface area contributed by atoms with Crippen LogP contribution in [0.3, 0.4) is 0 Å². The minimum Gasteiger partial charge on any atom is -0.355 e. The Morgan fingerprint density at radius 2 is 2.07 bits per heavy atom. The van der Waals surface area contributed by atoms with Crippen molar-refractivity contribution in [1.82, 2.24) is 9.97 Å². The van der Waals surface area contributed by atoms with Gasteiger partial charge in [-0.05, 0) is 25.2 Å². The molecule has 1 saturated heterocycles. The quantitative estimate of drug-likeness (QED) is 0.741. The summed E-state index contributed by atoms with van der Waals surface area (Å²) < 4.78 is 0. The van der Waals surface area contributed by atoms with Crippen molar-refractivity contribution in [2.24, 2.45) is 5.92 Å². The molecular weight excluding hydrogens is 186 g/mol. The number of hydrogen-bond donors (Lipinski definition) is 0. The van der Waals surface area contributed by atoms with Crippen LogP contribution >= 0.6 is 0 Å². The van der Waals surface area contributed by atoms with E-state index in [4.69, 9.17) is 0 Å². The Morgan fingerprint density at radius 3 is 2.73 bits per heavy atom. The Balaban J connectivity index is 2.08. The summed E-state index contributed by atoms with van der Waals surface area (Å²) in [6.07, 6.45) is 7.26. The van der Waals surface area contributed by atoms with Crippen molar-refractivity contribution in [3.8, 4) is 0 Å². The van der Waals surface area contributed by atoms with Gasteiger partial charge in [0.25, 0.3) is 0 Å². The third-order valence-corrected chi connectivity index (χ3v) is 3.14. The Bertz CT molecular complexity index is 316. The summed E-state index contributed by atoms with van der Waals surface area (Å²) >= 11 is 0. The molecule has 1 aromatic rings. The predicted molar refractivity (Wildman–Crippen MR) is 62.0 cm³/mol. The molecule has 0 bridgehead atoms. The van der Waals surface area contributed by atoms with Crippen molar-refractivity contribution in [2.75, 3.05) is 18.0 Å². The van der Waals surface area contributed by atoms with E-state index in [1.807, 2.05) is 12.4 Å². The van der Waals surface area contributed by atoms with Gasteiger partial charge in [0.05, 0.1) is 11.9 Å². The first-order chi connectivity index (χ1) is 7.29. The molecule has 3 nitrogen and oxygen atoms in total. The second kappa shape index (κ2) is 4.60. The molecule has 0 amide bonds. The smallest absolute Gasteiger partial charge is 0.147 e. The predicted octanol–water partition coefficient (Wildman–Crippen LogP) is 2.28. The minimum atomic E-state index is 0.864. The van der Waals surface area contributed by atoms with Crippen LogP contribution in [-0.4, -0.2) is 23.1 Å². The maximum atomic E-state index is 4.60. The fraction of sp³-hybridized carbons (Fsp3) is 0.667. The van der Waals surface area contributed by atoms with E-state index in [1.165, 1.54) is 12.8 Å². The first-order valence-corrected chi connectivity index (χ1v) is 5.85. The molecule has 1 fully saturated rings. The summed E-state index contributed by atoms with van der Waals surface area (Å²) in [6, 6.07) is 0. The molecule has 0 saturated carbocycles. The van der Waals surface area contributed by atoms with Gasteiger partial charge in [-0.25, -0.2) is 4.98 Å². The van der Waals surface area contributed by atoms with Crippen molar-refractivity contribution in [3.05, 3.63) is 18.1 Å². The number of piperidine rings is 1. The fourth-order valence-electron chi connectivity index (χ4n) is 1.96. The van der Waals surface area contributed by atoms with Gasteiger partial charge >= 0.3 is 0 Å². The van der Waals surface area contributed by atoms with Crippen LogP contribution in [0.15, 0.2) is 12.4 Å². The van der Waals surface area contributed by atoms with Crippen LogP contribution in [0.25, 0.3) is 0 Å². The Kier molecular flexibility index (Phi) is 3.19. The lowest BCUT2D eigenvalue weighted by Crippen LogP contribution is -2.33. The maximum Gasteiger partial charge on any atom is 0.147 e. The molecule has 1 aromatic heterocycles. The van der Waals surface area contributed by atoms with E-state index in [2.05, 4.69) is 28.7 Å². The molecule has 0 aromatic carbocycles. The van der Waals surface area contributed by atoms with Crippen LogP contribution in [0.2, 0.25) is 0 Å². The largest absolute Gasteiger partial charge is 0.355 e. The second-order valence-corrected chi connectivity index (χ2v) is 4.39. The first kappa shape index (κ1) is 10.4. The molecule has 0 radical (unpaired) electrons. The third kappa shape index (κ3) is 2.46. The van der Waals surface area contributed by atoms with E-state index in [-0.39, 0.29) is 0 Å². The molecule has 0 atom stereocenters. The van der Waals surface area contributed by atoms with E-state index in [1.54, 1.807) is 0 Å². The molecule has 1 aliphatic rings. The van der Waals surface area contributed by atoms with E-state index in [0.717, 1.165) is 36.9 Å². The van der Waals surface area contributed by atoms with Crippen LogP contribution < -0.4 is 4.90 Å². The van der Waals surface area contributed by atoms with Gasteiger partial charge in [-0.15, -0.1) is 0 Å². The Morgan fingerprint density at radius 1 is 1.33 bits per heavy atom. The molecule has 1 aliphatic heterocycles. The maximum absolute atomic E-state index is 4.60. The number of aromatic nitrogens is 2. The summed E-state index contributed by atoms with van der Waals surface area (Å²) in [5.74, 6) is 1.92. The molecule has 0 unspecified atom stereocenters. The summed E-state index contributed by atoms with van der Waals surface area (Å²) in [6.45, 7) is 6.70. The topological polar surface area (TPSA) is 29.0 Å². The van der Waals surface area contributed by atoms with Gasteiger partial charge in [0, 0.05) is 19.3 Å². The Hall–Kier alpha value is -1.12. The normalized spacial score (nSPS) is 18.1. The summed E-state index contributed by atoms with van der Waals surface area (Å²) in [4.78, 5) is 11.2. The highest BCUT2D eigenvalue weighted by atomic mass is 15.2. The highest BCUT2D eigenvalue weighted by Gasteiger charge is 2.16. The zero-order chi connectivity index (χ0) is 10.7. The highest BCUT2D eigenvalue weighted by Crippen LogP contribution is 2.20. The van der Waals surface area contributed by atoms with Crippen molar-refractivity contribution in [1.29, 1.82) is 0 Å². The van der Waals surface area contributed by atoms with Gasteiger partial charge in [0.2, 0.25) is 0 Å². The standard InChI is InChI=1S/C12H19N3/c1-3-11-8-13-9-12(14-11)15-6-4-10(2)5-7-15/h8-10H,3-7H2,1-2H3. The van der Waals surface area contributed by atoms with E-state index in [0.29, 0.717) is 0 Å². The van der Waals surface area contributed by atoms with E-state index in [9.17, 15) is 0 Å². The van der Waals surface area contributed by atoms with Crippen LogP contribution in [0.5, 0.6) is 0 Å². The molecule has 82 valence electrons.